The number of aromatic amines is 2. The molecule has 0 bridgehead atoms. The first kappa shape index (κ1) is 21.1. The van der Waals surface area contributed by atoms with Gasteiger partial charge in [-0.05, 0) is 36.8 Å². The summed E-state index contributed by atoms with van der Waals surface area (Å²) in [6.45, 7) is 1.22. The average molecular weight is 456 g/mol. The molecule has 0 saturated carbocycles. The zero-order valence-corrected chi connectivity index (χ0v) is 17.9. The molecule has 170 valence electrons. The number of aryl methyl sites for hydroxylation is 1. The predicted octanol–water partition coefficient (Wildman–Crippen LogP) is 2.75. The molecule has 11 heteroatoms. The van der Waals surface area contributed by atoms with Crippen LogP contribution in [0.25, 0.3) is 33.7 Å². The molecule has 0 aliphatic heterocycles. The van der Waals surface area contributed by atoms with Crippen molar-refractivity contribution in [2.45, 2.75) is 13.0 Å². The van der Waals surface area contributed by atoms with Gasteiger partial charge in [-0.2, -0.15) is 5.10 Å². The van der Waals surface area contributed by atoms with Gasteiger partial charge in [0.05, 0.1) is 28.6 Å². The quantitative estimate of drug-likeness (QED) is 0.320. The van der Waals surface area contributed by atoms with Crippen LogP contribution in [0.15, 0.2) is 72.3 Å². The Hall–Kier alpha value is -4.80. The predicted molar refractivity (Wildman–Crippen MR) is 124 cm³/mol. The number of H-pyrrole nitrogens is 2. The number of pyridine rings is 1. The normalized spacial score (nSPS) is 10.9. The van der Waals surface area contributed by atoms with Crippen molar-refractivity contribution < 1.29 is 9.53 Å². The fourth-order valence-electron chi connectivity index (χ4n) is 3.45. The van der Waals surface area contributed by atoms with Crippen molar-refractivity contribution in [1.82, 2.24) is 40.0 Å². The van der Waals surface area contributed by atoms with Crippen LogP contribution in [0.2, 0.25) is 0 Å². The molecule has 0 aliphatic rings. The maximum atomic E-state index is 12.4. The summed E-state index contributed by atoms with van der Waals surface area (Å²) in [4.78, 5) is 40.1. The Morgan fingerprint density at radius 2 is 1.97 bits per heavy atom. The zero-order valence-electron chi connectivity index (χ0n) is 17.9. The summed E-state index contributed by atoms with van der Waals surface area (Å²) in [7, 11) is 0. The van der Waals surface area contributed by atoms with Gasteiger partial charge >= 0.3 is 6.09 Å². The van der Waals surface area contributed by atoms with Crippen molar-refractivity contribution in [1.29, 1.82) is 0 Å². The molecular formula is C23H20N8O3. The lowest BCUT2D eigenvalue weighted by molar-refractivity contribution is 0.200. The SMILES string of the molecule is O=C(NCCCn1ccnc1)Oc1ccc2nc(-c3cc(-c4ccncc4)n[nH]c3=O)[nH]c2c1. The Bertz CT molecular complexity index is 1480. The van der Waals surface area contributed by atoms with E-state index in [2.05, 4.69) is 35.5 Å². The van der Waals surface area contributed by atoms with Gasteiger partial charge in [-0.1, -0.05) is 0 Å². The van der Waals surface area contributed by atoms with E-state index in [4.69, 9.17) is 4.74 Å². The minimum absolute atomic E-state index is 0.344. The molecule has 4 heterocycles. The molecule has 0 unspecified atom stereocenters. The van der Waals surface area contributed by atoms with Crippen LogP contribution in [0.3, 0.4) is 0 Å². The van der Waals surface area contributed by atoms with E-state index >= 15 is 0 Å². The fourth-order valence-corrected chi connectivity index (χ4v) is 3.45. The second-order valence-corrected chi connectivity index (χ2v) is 7.47. The van der Waals surface area contributed by atoms with E-state index in [-0.39, 0.29) is 5.56 Å². The second-order valence-electron chi connectivity index (χ2n) is 7.47. The van der Waals surface area contributed by atoms with Crippen molar-refractivity contribution >= 4 is 17.1 Å². The monoisotopic (exact) mass is 456 g/mol. The van der Waals surface area contributed by atoms with Crippen LogP contribution in [-0.2, 0) is 6.54 Å². The van der Waals surface area contributed by atoms with E-state index in [0.29, 0.717) is 40.4 Å². The number of ether oxygens (including phenoxy) is 1. The molecule has 0 saturated heterocycles. The van der Waals surface area contributed by atoms with E-state index in [1.807, 2.05) is 10.8 Å². The molecule has 0 atom stereocenters. The molecule has 1 amide bonds. The number of benzene rings is 1. The molecule has 5 aromatic rings. The molecule has 0 radical (unpaired) electrons. The number of amides is 1. The first-order chi connectivity index (χ1) is 16.7. The fraction of sp³-hybridized carbons (Fsp3) is 0.130. The van der Waals surface area contributed by atoms with Gasteiger partial charge in [0.15, 0.2) is 0 Å². The first-order valence-electron chi connectivity index (χ1n) is 10.6. The maximum absolute atomic E-state index is 12.4. The van der Waals surface area contributed by atoms with Crippen LogP contribution >= 0.6 is 0 Å². The number of aromatic nitrogens is 7. The third-order valence-electron chi connectivity index (χ3n) is 5.12. The van der Waals surface area contributed by atoms with E-state index in [0.717, 1.165) is 18.5 Å². The van der Waals surface area contributed by atoms with Crippen LogP contribution in [0.4, 0.5) is 4.79 Å². The zero-order chi connectivity index (χ0) is 23.3. The van der Waals surface area contributed by atoms with Gasteiger partial charge in [0.2, 0.25) is 0 Å². The number of rotatable bonds is 7. The average Bonchev–Trinajstić information content (AvgIpc) is 3.52. The topological polar surface area (TPSA) is 143 Å². The summed E-state index contributed by atoms with van der Waals surface area (Å²) < 4.78 is 7.31. The summed E-state index contributed by atoms with van der Waals surface area (Å²) in [5.74, 6) is 0.742. The number of nitrogens with zero attached hydrogens (tertiary/aromatic N) is 5. The Balaban J connectivity index is 1.28. The molecular weight excluding hydrogens is 436 g/mol. The van der Waals surface area contributed by atoms with Crippen molar-refractivity contribution in [3.8, 4) is 28.4 Å². The third-order valence-corrected chi connectivity index (χ3v) is 5.12. The van der Waals surface area contributed by atoms with Crippen molar-refractivity contribution in [2.75, 3.05) is 6.54 Å². The highest BCUT2D eigenvalue weighted by Gasteiger charge is 2.13. The van der Waals surface area contributed by atoms with Crippen molar-refractivity contribution in [2.24, 2.45) is 0 Å². The smallest absolute Gasteiger partial charge is 0.410 e. The number of hydrogen-bond donors (Lipinski definition) is 3. The molecule has 3 N–H and O–H groups in total. The van der Waals surface area contributed by atoms with Gasteiger partial charge in [-0.3, -0.25) is 9.78 Å². The highest BCUT2D eigenvalue weighted by molar-refractivity contribution is 5.82. The summed E-state index contributed by atoms with van der Waals surface area (Å²) in [5, 5.41) is 9.34. The molecule has 11 nitrogen and oxygen atoms in total. The highest BCUT2D eigenvalue weighted by atomic mass is 16.6. The molecule has 1 aromatic carbocycles. The number of nitrogens with one attached hydrogen (secondary N) is 3. The Labute approximate surface area is 192 Å². The molecule has 0 aliphatic carbocycles. The number of fused-ring (bicyclic) bond motifs is 1. The summed E-state index contributed by atoms with van der Waals surface area (Å²) >= 11 is 0. The van der Waals surface area contributed by atoms with Gasteiger partial charge in [0.1, 0.15) is 11.6 Å². The van der Waals surface area contributed by atoms with Gasteiger partial charge in [-0.25, -0.2) is 19.9 Å². The maximum Gasteiger partial charge on any atom is 0.412 e. The lowest BCUT2D eigenvalue weighted by Gasteiger charge is -2.07. The summed E-state index contributed by atoms with van der Waals surface area (Å²) in [6.07, 6.45) is 8.82. The van der Waals surface area contributed by atoms with Crippen molar-refractivity contribution in [3.63, 3.8) is 0 Å². The Kier molecular flexibility index (Phi) is 5.80. The second kappa shape index (κ2) is 9.36. The van der Waals surface area contributed by atoms with Crippen LogP contribution in [0.1, 0.15) is 6.42 Å². The number of carbonyl (C=O) groups is 1. The lowest BCUT2D eigenvalue weighted by atomic mass is 10.1. The molecule has 0 fully saturated rings. The van der Waals surface area contributed by atoms with Crippen molar-refractivity contribution in [3.05, 3.63) is 77.9 Å². The van der Waals surface area contributed by atoms with Crippen LogP contribution in [0, 0.1) is 0 Å². The minimum atomic E-state index is -0.544. The van der Waals surface area contributed by atoms with Crippen LogP contribution < -0.4 is 15.6 Å². The standard InChI is InChI=1S/C23H20N8O3/c32-22-17(13-19(29-30-22)15-4-7-24-8-5-15)21-27-18-3-2-16(12-20(18)28-21)34-23(33)26-6-1-10-31-11-9-25-14-31/h2-5,7-9,11-14H,1,6,10H2,(H,26,33)(H,27,28)(H,30,32). The first-order valence-corrected chi connectivity index (χ1v) is 10.6. The molecule has 5 rings (SSSR count). The Morgan fingerprint density at radius 3 is 2.79 bits per heavy atom. The Morgan fingerprint density at radius 1 is 1.09 bits per heavy atom. The van der Waals surface area contributed by atoms with Gasteiger partial charge in [-0.15, -0.1) is 0 Å². The third kappa shape index (κ3) is 4.67. The van der Waals surface area contributed by atoms with Crippen LogP contribution in [-0.4, -0.2) is 47.3 Å². The van der Waals surface area contributed by atoms with Crippen LogP contribution in [0.5, 0.6) is 5.75 Å². The van der Waals surface area contributed by atoms with Gasteiger partial charge in [0, 0.05) is 49.5 Å². The van der Waals surface area contributed by atoms with E-state index in [9.17, 15) is 9.59 Å². The van der Waals surface area contributed by atoms with Gasteiger partial charge in [0.25, 0.3) is 5.56 Å². The van der Waals surface area contributed by atoms with E-state index in [1.165, 1.54) is 0 Å². The van der Waals surface area contributed by atoms with E-state index < -0.39 is 6.09 Å². The molecule has 0 spiro atoms. The number of carbonyl (C=O) groups excluding carboxylic acids is 1. The molecule has 34 heavy (non-hydrogen) atoms. The number of hydrogen-bond acceptors (Lipinski definition) is 7. The lowest BCUT2D eigenvalue weighted by Crippen LogP contribution is -2.28. The van der Waals surface area contributed by atoms with Gasteiger partial charge < -0.3 is 19.6 Å². The summed E-state index contributed by atoms with van der Waals surface area (Å²) in [6, 6.07) is 10.3. The van der Waals surface area contributed by atoms with E-state index in [1.54, 1.807) is 61.3 Å². The number of imidazole rings is 2. The highest BCUT2D eigenvalue weighted by Crippen LogP contribution is 2.24. The minimum Gasteiger partial charge on any atom is -0.410 e. The molecule has 4 aromatic heterocycles. The largest absolute Gasteiger partial charge is 0.412 e. The summed E-state index contributed by atoms with van der Waals surface area (Å²) in [5.41, 5.74) is 2.63.